The molecule has 2 rings (SSSR count). The number of aromatic nitrogens is 2. The molecule has 1 saturated heterocycles. The number of hydrogen-bond donors (Lipinski definition) is 2. The Morgan fingerprint density at radius 3 is 2.75 bits per heavy atom. The number of nitrogen functional groups attached to an aromatic ring is 1. The number of hydrogen-bond acceptors (Lipinski definition) is 5. The minimum Gasteiger partial charge on any atom is -0.476 e. The van der Waals surface area contributed by atoms with E-state index < -0.39 is 15.8 Å². The van der Waals surface area contributed by atoms with E-state index in [1.165, 1.54) is 10.7 Å². The van der Waals surface area contributed by atoms with Crippen molar-refractivity contribution < 1.29 is 18.3 Å². The maximum absolute atomic E-state index is 11.3. The highest BCUT2D eigenvalue weighted by atomic mass is 32.2. The number of aromatic carboxylic acids is 1. The van der Waals surface area contributed by atoms with Gasteiger partial charge in [0.05, 0.1) is 17.5 Å². The lowest BCUT2D eigenvalue weighted by atomic mass is 10.3. The molecule has 0 amide bonds. The van der Waals surface area contributed by atoms with Crippen molar-refractivity contribution in [1.82, 2.24) is 9.78 Å². The van der Waals surface area contributed by atoms with Gasteiger partial charge in [-0.3, -0.25) is 0 Å². The molecule has 16 heavy (non-hydrogen) atoms. The molecule has 8 heteroatoms. The fourth-order valence-electron chi connectivity index (χ4n) is 1.77. The molecule has 1 fully saturated rings. The zero-order chi connectivity index (χ0) is 11.9. The number of nitrogens with zero attached hydrogens (tertiary/aromatic N) is 2. The molecule has 1 aliphatic heterocycles. The minimum absolute atomic E-state index is 0.0298. The number of anilines is 1. The van der Waals surface area contributed by atoms with Gasteiger partial charge in [-0.25, -0.2) is 17.9 Å². The summed E-state index contributed by atoms with van der Waals surface area (Å²) in [5, 5.41) is 12.5. The molecule has 1 aliphatic rings. The number of sulfone groups is 1. The van der Waals surface area contributed by atoms with E-state index in [2.05, 4.69) is 5.10 Å². The maximum atomic E-state index is 11.3. The van der Waals surface area contributed by atoms with Crippen molar-refractivity contribution >= 4 is 21.6 Å². The van der Waals surface area contributed by atoms with Crippen LogP contribution in [0.15, 0.2) is 6.07 Å². The van der Waals surface area contributed by atoms with Crippen molar-refractivity contribution in [2.75, 3.05) is 17.2 Å². The summed E-state index contributed by atoms with van der Waals surface area (Å²) >= 11 is 0. The van der Waals surface area contributed by atoms with Crippen LogP contribution in [0.3, 0.4) is 0 Å². The van der Waals surface area contributed by atoms with Crippen LogP contribution in [-0.4, -0.2) is 40.8 Å². The van der Waals surface area contributed by atoms with Gasteiger partial charge >= 0.3 is 5.97 Å². The summed E-state index contributed by atoms with van der Waals surface area (Å²) in [4.78, 5) is 10.7. The Kier molecular flexibility index (Phi) is 2.38. The third-order valence-corrected chi connectivity index (χ3v) is 4.29. The first-order valence-electron chi connectivity index (χ1n) is 4.68. The molecule has 1 aromatic rings. The van der Waals surface area contributed by atoms with E-state index >= 15 is 0 Å². The summed E-state index contributed by atoms with van der Waals surface area (Å²) in [6.07, 6.45) is 0.424. The summed E-state index contributed by atoms with van der Waals surface area (Å²) in [6.45, 7) is 0. The second-order valence-electron chi connectivity index (χ2n) is 3.76. The third-order valence-electron chi connectivity index (χ3n) is 2.54. The summed E-state index contributed by atoms with van der Waals surface area (Å²) in [5.41, 5.74) is 5.42. The van der Waals surface area contributed by atoms with Crippen molar-refractivity contribution in [2.24, 2.45) is 0 Å². The highest BCUT2D eigenvalue weighted by molar-refractivity contribution is 7.91. The van der Waals surface area contributed by atoms with Crippen LogP contribution in [0.5, 0.6) is 0 Å². The van der Waals surface area contributed by atoms with Crippen molar-refractivity contribution in [3.05, 3.63) is 11.8 Å². The molecule has 1 aromatic heterocycles. The zero-order valence-corrected chi connectivity index (χ0v) is 9.14. The van der Waals surface area contributed by atoms with Crippen LogP contribution in [0, 0.1) is 0 Å². The van der Waals surface area contributed by atoms with Gasteiger partial charge in [0.25, 0.3) is 0 Å². The van der Waals surface area contributed by atoms with Gasteiger partial charge < -0.3 is 10.8 Å². The molecule has 1 atom stereocenters. The van der Waals surface area contributed by atoms with Crippen LogP contribution in [0.2, 0.25) is 0 Å². The Bertz CT molecular complexity index is 533. The molecule has 2 heterocycles. The Morgan fingerprint density at radius 1 is 1.62 bits per heavy atom. The van der Waals surface area contributed by atoms with Gasteiger partial charge in [-0.1, -0.05) is 0 Å². The first kappa shape index (κ1) is 10.9. The van der Waals surface area contributed by atoms with Gasteiger partial charge in [-0.2, -0.15) is 5.10 Å². The molecular weight excluding hydrogens is 234 g/mol. The van der Waals surface area contributed by atoms with Gasteiger partial charge in [-0.05, 0) is 6.42 Å². The standard InChI is InChI=1S/C8H11N3O4S/c9-7-3-6(8(12)13)10-11(7)5-1-2-16(14,15)4-5/h3,5H,1-2,4,9H2,(H,12,13). The summed E-state index contributed by atoms with van der Waals surface area (Å²) in [6, 6.07) is 0.880. The molecule has 0 saturated carbocycles. The monoisotopic (exact) mass is 245 g/mol. The normalized spacial score (nSPS) is 23.4. The maximum Gasteiger partial charge on any atom is 0.356 e. The van der Waals surface area contributed by atoms with E-state index in [-0.39, 0.29) is 29.1 Å². The number of rotatable bonds is 2. The molecule has 1 unspecified atom stereocenters. The van der Waals surface area contributed by atoms with Gasteiger partial charge in [0, 0.05) is 6.07 Å². The van der Waals surface area contributed by atoms with Gasteiger partial charge in [0.1, 0.15) is 5.82 Å². The number of carboxylic acids is 1. The van der Waals surface area contributed by atoms with Crippen molar-refractivity contribution in [2.45, 2.75) is 12.5 Å². The minimum atomic E-state index is -3.04. The summed E-state index contributed by atoms with van der Waals surface area (Å²) in [5.74, 6) is -0.928. The highest BCUT2D eigenvalue weighted by Crippen LogP contribution is 2.25. The third kappa shape index (κ3) is 1.87. The fourth-order valence-corrected chi connectivity index (χ4v) is 3.47. The quantitative estimate of drug-likeness (QED) is 0.727. The van der Waals surface area contributed by atoms with Crippen molar-refractivity contribution in [1.29, 1.82) is 0 Å². The molecular formula is C8H11N3O4S. The lowest BCUT2D eigenvalue weighted by molar-refractivity contribution is 0.0689. The Balaban J connectivity index is 2.32. The topological polar surface area (TPSA) is 115 Å². The predicted octanol–water partition coefficient (Wildman–Crippen LogP) is -0.477. The highest BCUT2D eigenvalue weighted by Gasteiger charge is 2.31. The van der Waals surface area contributed by atoms with Crippen molar-refractivity contribution in [3.8, 4) is 0 Å². The summed E-state index contributed by atoms with van der Waals surface area (Å²) < 4.78 is 23.8. The Labute approximate surface area is 91.8 Å². The fraction of sp³-hybridized carbons (Fsp3) is 0.500. The largest absolute Gasteiger partial charge is 0.476 e. The molecule has 0 radical (unpaired) electrons. The second kappa shape index (κ2) is 3.48. The lowest BCUT2D eigenvalue weighted by Gasteiger charge is -2.09. The predicted molar refractivity (Wildman–Crippen MR) is 55.9 cm³/mol. The molecule has 0 aliphatic carbocycles. The van der Waals surface area contributed by atoms with E-state index in [0.717, 1.165) is 0 Å². The molecule has 7 nitrogen and oxygen atoms in total. The zero-order valence-electron chi connectivity index (χ0n) is 8.33. The number of nitrogens with two attached hydrogens (primary N) is 1. The van der Waals surface area contributed by atoms with Gasteiger partial charge in [-0.15, -0.1) is 0 Å². The first-order chi connectivity index (χ1) is 7.39. The van der Waals surface area contributed by atoms with Crippen LogP contribution < -0.4 is 5.73 Å². The summed E-state index contributed by atoms with van der Waals surface area (Å²) in [7, 11) is -3.04. The first-order valence-corrected chi connectivity index (χ1v) is 6.50. The van der Waals surface area contributed by atoms with E-state index in [1.54, 1.807) is 0 Å². The van der Waals surface area contributed by atoms with E-state index in [1.807, 2.05) is 0 Å². The van der Waals surface area contributed by atoms with Crippen LogP contribution in [-0.2, 0) is 9.84 Å². The molecule has 0 bridgehead atoms. The molecule has 3 N–H and O–H groups in total. The lowest BCUT2D eigenvalue weighted by Crippen LogP contribution is -2.15. The Morgan fingerprint density at radius 2 is 2.31 bits per heavy atom. The van der Waals surface area contributed by atoms with Crippen LogP contribution in [0.4, 0.5) is 5.82 Å². The average molecular weight is 245 g/mol. The SMILES string of the molecule is Nc1cc(C(=O)O)nn1C1CCS(=O)(=O)C1. The van der Waals surface area contributed by atoms with Crippen LogP contribution in [0.1, 0.15) is 23.0 Å². The van der Waals surface area contributed by atoms with E-state index in [4.69, 9.17) is 10.8 Å². The smallest absolute Gasteiger partial charge is 0.356 e. The van der Waals surface area contributed by atoms with Gasteiger partial charge in [0.2, 0.25) is 0 Å². The second-order valence-corrected chi connectivity index (χ2v) is 5.99. The van der Waals surface area contributed by atoms with Crippen LogP contribution in [0.25, 0.3) is 0 Å². The number of carbonyl (C=O) groups is 1. The average Bonchev–Trinajstić information content (AvgIpc) is 2.69. The van der Waals surface area contributed by atoms with Crippen molar-refractivity contribution in [3.63, 3.8) is 0 Å². The molecule has 88 valence electrons. The Hall–Kier alpha value is -1.57. The van der Waals surface area contributed by atoms with E-state index in [9.17, 15) is 13.2 Å². The molecule has 0 aromatic carbocycles. The van der Waals surface area contributed by atoms with Crippen LogP contribution >= 0.6 is 0 Å². The van der Waals surface area contributed by atoms with Gasteiger partial charge in [0.15, 0.2) is 15.5 Å². The van der Waals surface area contributed by atoms with E-state index in [0.29, 0.717) is 6.42 Å². The molecule has 0 spiro atoms. The number of carboxylic acid groups (broad SMARTS) is 1.